The number of benzene rings is 1. The van der Waals surface area contributed by atoms with Gasteiger partial charge in [0.05, 0.1) is 12.1 Å². The van der Waals surface area contributed by atoms with E-state index < -0.39 is 0 Å². The van der Waals surface area contributed by atoms with E-state index >= 15 is 0 Å². The fraction of sp³-hybridized carbons (Fsp3) is 0.438. The second kappa shape index (κ2) is 6.56. The van der Waals surface area contributed by atoms with Gasteiger partial charge in [0, 0.05) is 24.8 Å². The van der Waals surface area contributed by atoms with Gasteiger partial charge in [-0.05, 0) is 37.5 Å². The van der Waals surface area contributed by atoms with Crippen LogP contribution in [0.1, 0.15) is 35.2 Å². The van der Waals surface area contributed by atoms with Crippen molar-refractivity contribution in [2.24, 2.45) is 5.73 Å². The van der Waals surface area contributed by atoms with E-state index in [1.54, 1.807) is 19.2 Å². The molecule has 0 radical (unpaired) electrons. The zero-order chi connectivity index (χ0) is 14.4. The first kappa shape index (κ1) is 14.6. The minimum Gasteiger partial charge on any atom is -0.376 e. The summed E-state index contributed by atoms with van der Waals surface area (Å²) in [6, 6.07) is 7.24. The molecule has 1 saturated carbocycles. The number of nitrogens with one attached hydrogen (secondary N) is 1. The Morgan fingerprint density at radius 3 is 2.90 bits per heavy atom. The number of carbonyl (C=O) groups is 1. The maximum absolute atomic E-state index is 12.1. The lowest BCUT2D eigenvalue weighted by Gasteiger charge is -2.40. The van der Waals surface area contributed by atoms with Crippen LogP contribution in [0.5, 0.6) is 0 Å². The number of nitrogens with two attached hydrogens (primary N) is 1. The molecule has 1 aromatic carbocycles. The molecular weight excluding hydrogens is 252 g/mol. The highest BCUT2D eigenvalue weighted by Crippen LogP contribution is 2.34. The molecule has 0 atom stereocenters. The van der Waals surface area contributed by atoms with Gasteiger partial charge in [-0.3, -0.25) is 4.79 Å². The van der Waals surface area contributed by atoms with Crippen molar-refractivity contribution in [3.05, 3.63) is 35.4 Å². The first-order chi connectivity index (χ1) is 9.69. The van der Waals surface area contributed by atoms with Crippen LogP contribution in [0.15, 0.2) is 24.3 Å². The molecule has 0 aliphatic heterocycles. The molecule has 0 heterocycles. The summed E-state index contributed by atoms with van der Waals surface area (Å²) < 4.78 is 5.49. The maximum Gasteiger partial charge on any atom is 0.251 e. The third kappa shape index (κ3) is 3.38. The molecule has 0 unspecified atom stereocenters. The average molecular weight is 272 g/mol. The second-order valence-corrected chi connectivity index (χ2v) is 5.01. The number of hydrogen-bond acceptors (Lipinski definition) is 3. The molecule has 0 saturated heterocycles. The Labute approximate surface area is 119 Å². The Bertz CT molecular complexity index is 533. The van der Waals surface area contributed by atoms with Crippen molar-refractivity contribution in [2.45, 2.75) is 24.9 Å². The molecule has 106 valence electrons. The molecule has 0 aromatic heterocycles. The molecular formula is C16H20N2O2. The van der Waals surface area contributed by atoms with Gasteiger partial charge in [-0.2, -0.15) is 0 Å². The van der Waals surface area contributed by atoms with Gasteiger partial charge in [-0.15, -0.1) is 0 Å². The van der Waals surface area contributed by atoms with Crippen LogP contribution in [0.25, 0.3) is 0 Å². The van der Waals surface area contributed by atoms with Gasteiger partial charge in [0.15, 0.2) is 0 Å². The van der Waals surface area contributed by atoms with E-state index in [9.17, 15) is 4.79 Å². The van der Waals surface area contributed by atoms with Crippen LogP contribution < -0.4 is 11.1 Å². The number of amides is 1. The van der Waals surface area contributed by atoms with Crippen LogP contribution in [0.3, 0.4) is 0 Å². The number of ether oxygens (including phenoxy) is 1. The molecule has 2 rings (SSSR count). The Kier molecular flexibility index (Phi) is 4.78. The summed E-state index contributed by atoms with van der Waals surface area (Å²) in [5, 5.41) is 2.94. The van der Waals surface area contributed by atoms with Crippen molar-refractivity contribution < 1.29 is 9.53 Å². The van der Waals surface area contributed by atoms with Gasteiger partial charge in [0.2, 0.25) is 0 Å². The molecule has 4 nitrogen and oxygen atoms in total. The Balaban J connectivity index is 1.98. The largest absolute Gasteiger partial charge is 0.376 e. The van der Waals surface area contributed by atoms with E-state index in [0.29, 0.717) is 18.7 Å². The van der Waals surface area contributed by atoms with Crippen LogP contribution >= 0.6 is 0 Å². The van der Waals surface area contributed by atoms with Crippen LogP contribution in [-0.2, 0) is 4.74 Å². The second-order valence-electron chi connectivity index (χ2n) is 5.01. The maximum atomic E-state index is 12.1. The number of carbonyl (C=O) groups excluding carboxylic acids is 1. The fourth-order valence-corrected chi connectivity index (χ4v) is 2.26. The zero-order valence-corrected chi connectivity index (χ0v) is 11.7. The van der Waals surface area contributed by atoms with E-state index in [1.165, 1.54) is 0 Å². The van der Waals surface area contributed by atoms with Crippen molar-refractivity contribution in [3.63, 3.8) is 0 Å². The molecule has 1 aromatic rings. The summed E-state index contributed by atoms with van der Waals surface area (Å²) in [6.45, 7) is 0.869. The standard InChI is InChI=1S/C16H20N2O2/c1-20-16(8-4-9-16)12-18-15(19)14-7-2-5-13(11-14)6-3-10-17/h2,5,7,11H,4,8-10,12,17H2,1H3,(H,18,19). The summed E-state index contributed by atoms with van der Waals surface area (Å²) in [7, 11) is 1.70. The van der Waals surface area contributed by atoms with Crippen molar-refractivity contribution in [3.8, 4) is 11.8 Å². The summed E-state index contributed by atoms with van der Waals surface area (Å²) in [4.78, 5) is 12.1. The van der Waals surface area contributed by atoms with Crippen LogP contribution in [0, 0.1) is 11.8 Å². The third-order valence-electron chi connectivity index (χ3n) is 3.73. The van der Waals surface area contributed by atoms with Crippen molar-refractivity contribution in [2.75, 3.05) is 20.2 Å². The van der Waals surface area contributed by atoms with E-state index in [1.807, 2.05) is 12.1 Å². The van der Waals surface area contributed by atoms with Gasteiger partial charge in [-0.1, -0.05) is 17.9 Å². The third-order valence-corrected chi connectivity index (χ3v) is 3.73. The summed E-state index contributed by atoms with van der Waals surface area (Å²) in [5.41, 5.74) is 6.59. The van der Waals surface area contributed by atoms with Crippen LogP contribution in [0.4, 0.5) is 0 Å². The molecule has 1 aliphatic carbocycles. The van der Waals surface area contributed by atoms with E-state index in [0.717, 1.165) is 24.8 Å². The number of hydrogen-bond donors (Lipinski definition) is 2. The van der Waals surface area contributed by atoms with Gasteiger partial charge < -0.3 is 15.8 Å². The topological polar surface area (TPSA) is 64.3 Å². The molecule has 20 heavy (non-hydrogen) atoms. The molecule has 0 spiro atoms. The predicted molar refractivity (Wildman–Crippen MR) is 78.3 cm³/mol. The highest BCUT2D eigenvalue weighted by molar-refractivity contribution is 5.94. The SMILES string of the molecule is COC1(CNC(=O)c2cccc(C#CCN)c2)CCC1. The smallest absolute Gasteiger partial charge is 0.251 e. The number of rotatable bonds is 4. The van der Waals surface area contributed by atoms with E-state index in [4.69, 9.17) is 10.5 Å². The summed E-state index contributed by atoms with van der Waals surface area (Å²) in [6.07, 6.45) is 3.17. The fourth-order valence-electron chi connectivity index (χ4n) is 2.26. The summed E-state index contributed by atoms with van der Waals surface area (Å²) >= 11 is 0. The van der Waals surface area contributed by atoms with Gasteiger partial charge in [-0.25, -0.2) is 0 Å². The van der Waals surface area contributed by atoms with Gasteiger partial charge in [0.1, 0.15) is 0 Å². The predicted octanol–water partition coefficient (Wildman–Crippen LogP) is 1.30. The van der Waals surface area contributed by atoms with Gasteiger partial charge >= 0.3 is 0 Å². The molecule has 1 amide bonds. The monoisotopic (exact) mass is 272 g/mol. The highest BCUT2D eigenvalue weighted by Gasteiger charge is 2.37. The molecule has 1 aliphatic rings. The lowest BCUT2D eigenvalue weighted by Crippen LogP contribution is -2.49. The number of methoxy groups -OCH3 is 1. The lowest BCUT2D eigenvalue weighted by atomic mass is 9.80. The average Bonchev–Trinajstić information content (AvgIpc) is 2.44. The molecule has 0 bridgehead atoms. The Morgan fingerprint density at radius 1 is 1.50 bits per heavy atom. The minimum absolute atomic E-state index is 0.0928. The first-order valence-corrected chi connectivity index (χ1v) is 6.81. The minimum atomic E-state index is -0.160. The lowest BCUT2D eigenvalue weighted by molar-refractivity contribution is -0.0679. The first-order valence-electron chi connectivity index (χ1n) is 6.81. The van der Waals surface area contributed by atoms with Crippen LogP contribution in [-0.4, -0.2) is 31.7 Å². The zero-order valence-electron chi connectivity index (χ0n) is 11.7. The van der Waals surface area contributed by atoms with Crippen LogP contribution in [0.2, 0.25) is 0 Å². The molecule has 1 fully saturated rings. The van der Waals surface area contributed by atoms with E-state index in [2.05, 4.69) is 17.2 Å². The molecule has 4 heteroatoms. The van der Waals surface area contributed by atoms with Gasteiger partial charge in [0.25, 0.3) is 5.91 Å². The quantitative estimate of drug-likeness (QED) is 0.812. The Morgan fingerprint density at radius 2 is 2.30 bits per heavy atom. The van der Waals surface area contributed by atoms with Crippen molar-refractivity contribution >= 4 is 5.91 Å². The Hall–Kier alpha value is -1.83. The normalized spacial score (nSPS) is 15.7. The molecule has 3 N–H and O–H groups in total. The van der Waals surface area contributed by atoms with Crippen molar-refractivity contribution in [1.82, 2.24) is 5.32 Å². The highest BCUT2D eigenvalue weighted by atomic mass is 16.5. The van der Waals surface area contributed by atoms with E-state index in [-0.39, 0.29) is 11.5 Å². The van der Waals surface area contributed by atoms with Crippen molar-refractivity contribution in [1.29, 1.82) is 0 Å². The summed E-state index contributed by atoms with van der Waals surface area (Å²) in [5.74, 6) is 5.61.